The molecule has 0 spiro atoms. The molecule has 1 aliphatic rings. The summed E-state index contributed by atoms with van der Waals surface area (Å²) in [5, 5.41) is 11.2. The maximum atomic E-state index is 12.6. The van der Waals surface area contributed by atoms with Gasteiger partial charge < -0.3 is 10.0 Å². The van der Waals surface area contributed by atoms with Crippen LogP contribution < -0.4 is 4.72 Å². The molecule has 1 aromatic carbocycles. The van der Waals surface area contributed by atoms with Crippen LogP contribution in [0.2, 0.25) is 5.02 Å². The van der Waals surface area contributed by atoms with E-state index in [2.05, 4.69) is 9.62 Å². The van der Waals surface area contributed by atoms with Gasteiger partial charge in [-0.1, -0.05) is 11.6 Å². The lowest BCUT2D eigenvalue weighted by atomic mass is 10.1. The van der Waals surface area contributed by atoms with Crippen LogP contribution in [-0.4, -0.2) is 50.7 Å². The molecule has 0 radical (unpaired) electrons. The highest BCUT2D eigenvalue weighted by Gasteiger charge is 2.22. The van der Waals surface area contributed by atoms with Crippen molar-refractivity contribution in [1.82, 2.24) is 9.62 Å². The average Bonchev–Trinajstić information content (AvgIpc) is 2.89. The Bertz CT molecular complexity index is 851. The van der Waals surface area contributed by atoms with Crippen molar-refractivity contribution in [3.8, 4) is 0 Å². The van der Waals surface area contributed by atoms with Gasteiger partial charge in [0.1, 0.15) is 4.21 Å². The first-order chi connectivity index (χ1) is 11.9. The molecule has 1 aliphatic heterocycles. The summed E-state index contributed by atoms with van der Waals surface area (Å²) >= 11 is 7.29. The maximum Gasteiger partial charge on any atom is 0.250 e. The summed E-state index contributed by atoms with van der Waals surface area (Å²) in [5.74, 6) is 0. The Balaban J connectivity index is 1.61. The van der Waals surface area contributed by atoms with E-state index in [1.54, 1.807) is 6.07 Å². The number of likely N-dealkylation sites (tertiary alicyclic amines) is 1. The molecule has 0 bridgehead atoms. The lowest BCUT2D eigenvalue weighted by Crippen LogP contribution is -2.39. The van der Waals surface area contributed by atoms with Gasteiger partial charge in [0.25, 0.3) is 0 Å². The van der Waals surface area contributed by atoms with E-state index in [1.807, 2.05) is 19.1 Å². The number of sulfonamides is 1. The Morgan fingerprint density at radius 1 is 1.44 bits per heavy atom. The Kier molecular flexibility index (Phi) is 6.03. The second-order valence-electron chi connectivity index (χ2n) is 6.50. The Morgan fingerprint density at radius 2 is 2.24 bits per heavy atom. The minimum absolute atomic E-state index is 0.251. The molecule has 3 rings (SSSR count). The first-order valence-corrected chi connectivity index (χ1v) is 11.1. The molecule has 0 unspecified atom stereocenters. The normalized spacial score (nSPS) is 19.6. The molecule has 5 nitrogen and oxygen atoms in total. The molecule has 2 N–H and O–H groups in total. The molecule has 0 saturated carbocycles. The molecule has 1 aromatic heterocycles. The average molecular weight is 403 g/mol. The van der Waals surface area contributed by atoms with Gasteiger partial charge in [-0.3, -0.25) is 0 Å². The molecule has 2 heterocycles. The molecule has 1 atom stereocenters. The van der Waals surface area contributed by atoms with Crippen molar-refractivity contribution in [3.05, 3.63) is 28.8 Å². The van der Waals surface area contributed by atoms with Crippen molar-refractivity contribution in [1.29, 1.82) is 0 Å². The first-order valence-electron chi connectivity index (χ1n) is 8.45. The molecular formula is C17H23ClN2O3S2. The summed E-state index contributed by atoms with van der Waals surface area (Å²) in [4.78, 5) is 2.19. The van der Waals surface area contributed by atoms with Gasteiger partial charge >= 0.3 is 0 Å². The van der Waals surface area contributed by atoms with Gasteiger partial charge in [-0.2, -0.15) is 0 Å². The molecule has 25 heavy (non-hydrogen) atoms. The van der Waals surface area contributed by atoms with Gasteiger partial charge in [0.2, 0.25) is 10.0 Å². The van der Waals surface area contributed by atoms with Crippen LogP contribution in [-0.2, 0) is 10.0 Å². The number of nitrogens with zero attached hydrogens (tertiary/aromatic N) is 1. The summed E-state index contributed by atoms with van der Waals surface area (Å²) in [7, 11) is -3.52. The van der Waals surface area contributed by atoms with E-state index >= 15 is 0 Å². The van der Waals surface area contributed by atoms with E-state index in [0.717, 1.165) is 48.0 Å². The van der Waals surface area contributed by atoms with Gasteiger partial charge in [0, 0.05) is 22.8 Å². The summed E-state index contributed by atoms with van der Waals surface area (Å²) in [6.45, 7) is 4.66. The van der Waals surface area contributed by atoms with Crippen LogP contribution in [0.4, 0.5) is 0 Å². The van der Waals surface area contributed by atoms with E-state index in [0.29, 0.717) is 22.3 Å². The zero-order valence-electron chi connectivity index (χ0n) is 14.2. The number of aryl methyl sites for hydroxylation is 1. The zero-order chi connectivity index (χ0) is 18.0. The smallest absolute Gasteiger partial charge is 0.250 e. The van der Waals surface area contributed by atoms with Crippen molar-refractivity contribution in [2.75, 3.05) is 26.2 Å². The van der Waals surface area contributed by atoms with Crippen LogP contribution in [0.25, 0.3) is 10.1 Å². The predicted octanol–water partition coefficient (Wildman–Crippen LogP) is 2.99. The molecule has 0 aliphatic carbocycles. The fraction of sp³-hybridized carbons (Fsp3) is 0.529. The van der Waals surface area contributed by atoms with Crippen molar-refractivity contribution in [2.45, 2.75) is 36.5 Å². The van der Waals surface area contributed by atoms with Gasteiger partial charge in [0.15, 0.2) is 0 Å². The van der Waals surface area contributed by atoms with E-state index in [4.69, 9.17) is 11.6 Å². The zero-order valence-corrected chi connectivity index (χ0v) is 16.6. The lowest BCUT2D eigenvalue weighted by molar-refractivity contribution is 0.0704. The van der Waals surface area contributed by atoms with Crippen LogP contribution >= 0.6 is 22.9 Å². The number of β-amino-alcohol motifs (C(OH)–C–C–N with tert-alkyl or cyclic N) is 1. The van der Waals surface area contributed by atoms with Crippen LogP contribution in [0.3, 0.4) is 0 Å². The number of thiophene rings is 1. The number of aliphatic hydroxyl groups excluding tert-OH is 1. The third-order valence-electron chi connectivity index (χ3n) is 4.52. The minimum Gasteiger partial charge on any atom is -0.392 e. The summed E-state index contributed by atoms with van der Waals surface area (Å²) in [5.41, 5.74) is 0.745. The van der Waals surface area contributed by atoms with Gasteiger partial charge in [-0.05, 0) is 68.4 Å². The van der Waals surface area contributed by atoms with E-state index < -0.39 is 10.0 Å². The van der Waals surface area contributed by atoms with E-state index in [9.17, 15) is 13.5 Å². The number of piperidine rings is 1. The second-order valence-corrected chi connectivity index (χ2v) is 9.95. The standard InChI is InChI=1S/C17H23ClN2O3S2/c1-12-15-10-13(18)5-6-16(15)24-17(12)25(22,23)19-7-3-9-20-8-2-4-14(21)11-20/h5-6,10,14,19,21H,2-4,7-9,11H2,1H3/t14-/m0/s1. The van der Waals surface area contributed by atoms with Gasteiger partial charge in [-0.15, -0.1) is 11.3 Å². The van der Waals surface area contributed by atoms with Crippen LogP contribution in [0.1, 0.15) is 24.8 Å². The third-order valence-corrected chi connectivity index (χ3v) is 8.11. The number of halogens is 1. The van der Waals surface area contributed by atoms with E-state index in [1.165, 1.54) is 11.3 Å². The van der Waals surface area contributed by atoms with Crippen molar-refractivity contribution in [3.63, 3.8) is 0 Å². The molecule has 2 aromatic rings. The van der Waals surface area contributed by atoms with Crippen molar-refractivity contribution >= 4 is 43.0 Å². The number of aliphatic hydroxyl groups is 1. The number of hydrogen-bond donors (Lipinski definition) is 2. The highest BCUT2D eigenvalue weighted by atomic mass is 35.5. The van der Waals surface area contributed by atoms with Gasteiger partial charge in [0.05, 0.1) is 6.10 Å². The van der Waals surface area contributed by atoms with Crippen LogP contribution in [0, 0.1) is 6.92 Å². The second kappa shape index (κ2) is 7.90. The summed E-state index contributed by atoms with van der Waals surface area (Å²) in [6.07, 6.45) is 2.33. The molecular weight excluding hydrogens is 380 g/mol. The predicted molar refractivity (Wildman–Crippen MR) is 103 cm³/mol. The molecule has 1 saturated heterocycles. The number of nitrogens with one attached hydrogen (secondary N) is 1. The highest BCUT2D eigenvalue weighted by Crippen LogP contribution is 2.35. The van der Waals surface area contributed by atoms with Crippen molar-refractivity contribution in [2.24, 2.45) is 0 Å². The Morgan fingerprint density at radius 3 is 3.00 bits per heavy atom. The largest absolute Gasteiger partial charge is 0.392 e. The monoisotopic (exact) mass is 402 g/mol. The third kappa shape index (κ3) is 4.53. The number of rotatable bonds is 6. The van der Waals surface area contributed by atoms with E-state index in [-0.39, 0.29) is 6.10 Å². The maximum absolute atomic E-state index is 12.6. The molecule has 8 heteroatoms. The SMILES string of the molecule is Cc1c(S(=O)(=O)NCCCN2CCC[C@H](O)C2)sc2ccc(Cl)cc12. The highest BCUT2D eigenvalue weighted by molar-refractivity contribution is 7.91. The Hall–Kier alpha value is -0.700. The topological polar surface area (TPSA) is 69.6 Å². The fourth-order valence-electron chi connectivity index (χ4n) is 3.24. The first kappa shape index (κ1) is 19.1. The minimum atomic E-state index is -3.52. The number of hydrogen-bond acceptors (Lipinski definition) is 5. The molecule has 1 fully saturated rings. The van der Waals surface area contributed by atoms with Crippen LogP contribution in [0.15, 0.2) is 22.4 Å². The lowest BCUT2D eigenvalue weighted by Gasteiger charge is -2.29. The summed E-state index contributed by atoms with van der Waals surface area (Å²) < 4.78 is 29.2. The number of fused-ring (bicyclic) bond motifs is 1. The van der Waals surface area contributed by atoms with Crippen molar-refractivity contribution < 1.29 is 13.5 Å². The van der Waals surface area contributed by atoms with Gasteiger partial charge in [-0.25, -0.2) is 13.1 Å². The number of benzene rings is 1. The van der Waals surface area contributed by atoms with Crippen LogP contribution in [0.5, 0.6) is 0 Å². The Labute approximate surface area is 157 Å². The molecule has 0 amide bonds. The molecule has 138 valence electrons. The fourth-order valence-corrected chi connectivity index (χ4v) is 6.27. The quantitative estimate of drug-likeness (QED) is 0.729. The summed E-state index contributed by atoms with van der Waals surface area (Å²) in [6, 6.07) is 5.44.